The van der Waals surface area contributed by atoms with Gasteiger partial charge in [0.05, 0.1) is 41.5 Å². The number of carbonyl (C=O) groups excluding carboxylic acids is 1. The molecule has 0 saturated carbocycles. The van der Waals surface area contributed by atoms with Gasteiger partial charge in [0.1, 0.15) is 12.3 Å². The van der Waals surface area contributed by atoms with Crippen molar-refractivity contribution in [3.8, 4) is 17.0 Å². The van der Waals surface area contributed by atoms with E-state index in [2.05, 4.69) is 21.8 Å². The molecule has 9 nitrogen and oxygen atoms in total. The Hall–Kier alpha value is -3.88. The molecule has 0 N–H and O–H groups in total. The number of likely N-dealkylation sites (N-methyl/N-ethyl adjacent to an activating group) is 1. The first kappa shape index (κ1) is 22.3. The molecule has 0 unspecified atom stereocenters. The minimum atomic E-state index is -0.0702. The summed E-state index contributed by atoms with van der Waals surface area (Å²) in [4.78, 5) is 19.0. The maximum Gasteiger partial charge on any atom is 0.272 e. The summed E-state index contributed by atoms with van der Waals surface area (Å²) >= 11 is 0. The number of pyridine rings is 1. The minimum Gasteiger partial charge on any atom is -0.476 e. The summed E-state index contributed by atoms with van der Waals surface area (Å²) in [6.07, 6.45) is 8.03. The Morgan fingerprint density at radius 3 is 2.79 bits per heavy atom. The molecule has 9 heteroatoms. The highest BCUT2D eigenvalue weighted by Gasteiger charge is 2.22. The predicted molar refractivity (Wildman–Crippen MR) is 127 cm³/mol. The zero-order chi connectivity index (χ0) is 23.7. The molecule has 0 saturated heterocycles. The van der Waals surface area contributed by atoms with Crippen LogP contribution in [0.2, 0.25) is 0 Å². The largest absolute Gasteiger partial charge is 0.476 e. The van der Waals surface area contributed by atoms with Crippen LogP contribution in [0.15, 0.2) is 37.4 Å². The van der Waals surface area contributed by atoms with Gasteiger partial charge >= 0.3 is 0 Å². The van der Waals surface area contributed by atoms with E-state index in [4.69, 9.17) is 4.74 Å². The second kappa shape index (κ2) is 8.93. The molecular formula is C24H29N7O2. The second-order valence-electron chi connectivity index (χ2n) is 8.00. The Morgan fingerprint density at radius 1 is 1.30 bits per heavy atom. The first-order valence-corrected chi connectivity index (χ1v) is 10.9. The van der Waals surface area contributed by atoms with E-state index in [0.717, 1.165) is 40.0 Å². The molecule has 0 spiro atoms. The molecule has 0 atom stereocenters. The van der Waals surface area contributed by atoms with Gasteiger partial charge in [-0.05, 0) is 37.1 Å². The molecule has 0 aliphatic carbocycles. The van der Waals surface area contributed by atoms with E-state index in [1.165, 1.54) is 0 Å². The van der Waals surface area contributed by atoms with Gasteiger partial charge < -0.3 is 14.0 Å². The number of hydrogen-bond acceptors (Lipinski definition) is 5. The lowest BCUT2D eigenvalue weighted by Crippen LogP contribution is -2.32. The number of amides is 1. The van der Waals surface area contributed by atoms with Gasteiger partial charge in [0, 0.05) is 32.9 Å². The molecule has 33 heavy (non-hydrogen) atoms. The first-order chi connectivity index (χ1) is 15.8. The maximum absolute atomic E-state index is 13.0. The number of hydrogen-bond donors (Lipinski definition) is 0. The van der Waals surface area contributed by atoms with Gasteiger partial charge in [0.2, 0.25) is 5.88 Å². The Morgan fingerprint density at radius 2 is 2.09 bits per heavy atom. The Labute approximate surface area is 192 Å². The summed E-state index contributed by atoms with van der Waals surface area (Å²) in [5.41, 5.74) is 6.11. The zero-order valence-corrected chi connectivity index (χ0v) is 19.7. The van der Waals surface area contributed by atoms with Gasteiger partial charge in [-0.15, -0.1) is 0 Å². The first-order valence-electron chi connectivity index (χ1n) is 10.9. The van der Waals surface area contributed by atoms with Crippen LogP contribution in [0.1, 0.15) is 34.4 Å². The van der Waals surface area contributed by atoms with E-state index >= 15 is 0 Å². The molecule has 172 valence electrons. The molecule has 0 aliphatic rings. The molecule has 4 rings (SSSR count). The molecule has 0 fully saturated rings. The topological polar surface area (TPSA) is 82.5 Å². The van der Waals surface area contributed by atoms with Crippen molar-refractivity contribution in [3.05, 3.63) is 60.1 Å². The van der Waals surface area contributed by atoms with Crippen molar-refractivity contribution in [3.63, 3.8) is 0 Å². The summed E-state index contributed by atoms with van der Waals surface area (Å²) < 4.78 is 11.4. The van der Waals surface area contributed by atoms with E-state index in [1.807, 2.05) is 43.6 Å². The molecule has 4 aromatic rings. The van der Waals surface area contributed by atoms with Crippen molar-refractivity contribution >= 4 is 17.5 Å². The number of fused-ring (bicyclic) bond motifs is 1. The van der Waals surface area contributed by atoms with Gasteiger partial charge in [-0.25, -0.2) is 9.67 Å². The van der Waals surface area contributed by atoms with Gasteiger partial charge in [-0.2, -0.15) is 10.2 Å². The van der Waals surface area contributed by atoms with Crippen LogP contribution in [0.25, 0.3) is 22.7 Å². The summed E-state index contributed by atoms with van der Waals surface area (Å²) in [6.45, 7) is 8.58. The Kier molecular flexibility index (Phi) is 6.04. The lowest BCUT2D eigenvalue weighted by atomic mass is 10.1. The molecule has 4 heterocycles. The summed E-state index contributed by atoms with van der Waals surface area (Å²) in [5.74, 6) is 0.573. The highest BCUT2D eigenvalue weighted by Crippen LogP contribution is 2.31. The fourth-order valence-electron chi connectivity index (χ4n) is 4.01. The number of imidazole rings is 1. The van der Waals surface area contributed by atoms with Crippen LogP contribution in [-0.4, -0.2) is 60.0 Å². The van der Waals surface area contributed by atoms with E-state index in [0.29, 0.717) is 24.7 Å². The monoisotopic (exact) mass is 447 g/mol. The molecule has 0 radical (unpaired) electrons. The number of nitrogens with zero attached hydrogens (tertiary/aromatic N) is 7. The van der Waals surface area contributed by atoms with Gasteiger partial charge in [0.15, 0.2) is 0 Å². The van der Waals surface area contributed by atoms with Crippen molar-refractivity contribution in [2.24, 2.45) is 14.1 Å². The number of aryl methyl sites for hydroxylation is 3. The van der Waals surface area contributed by atoms with E-state index in [1.54, 1.807) is 47.0 Å². The molecule has 0 bridgehead atoms. The third kappa shape index (κ3) is 4.02. The van der Waals surface area contributed by atoms with Crippen LogP contribution in [0.5, 0.6) is 5.88 Å². The maximum atomic E-state index is 13.0. The van der Waals surface area contributed by atoms with Crippen LogP contribution in [0, 0.1) is 6.92 Å². The van der Waals surface area contributed by atoms with E-state index in [9.17, 15) is 4.79 Å². The number of rotatable bonds is 8. The number of aromatic nitrogens is 6. The fourth-order valence-corrected chi connectivity index (χ4v) is 4.01. The normalized spacial score (nSPS) is 11.2. The van der Waals surface area contributed by atoms with Crippen molar-refractivity contribution in [2.45, 2.75) is 20.3 Å². The Bertz CT molecular complexity index is 1330. The Balaban J connectivity index is 1.49. The molecule has 4 aromatic heterocycles. The second-order valence-corrected chi connectivity index (χ2v) is 8.00. The van der Waals surface area contributed by atoms with Crippen LogP contribution in [-0.2, 0) is 20.5 Å². The average Bonchev–Trinajstić information content (AvgIpc) is 3.47. The third-order valence-electron chi connectivity index (χ3n) is 5.89. The van der Waals surface area contributed by atoms with Crippen LogP contribution >= 0.6 is 0 Å². The predicted octanol–water partition coefficient (Wildman–Crippen LogP) is 3.13. The quantitative estimate of drug-likeness (QED) is 0.414. The zero-order valence-electron chi connectivity index (χ0n) is 19.7. The fraction of sp³-hybridized carbons (Fsp3) is 0.333. The SMILES string of the molecule is C=Cc1ncn2ccc(-c3cnn(C)c3OCCN(C)C(=O)c3c(C)c(CC)nn3C)cc12. The molecule has 0 aromatic carbocycles. The lowest BCUT2D eigenvalue weighted by Gasteiger charge is -2.18. The molecule has 1 amide bonds. The van der Waals surface area contributed by atoms with Crippen LogP contribution in [0.3, 0.4) is 0 Å². The summed E-state index contributed by atoms with van der Waals surface area (Å²) in [6, 6.07) is 4.04. The van der Waals surface area contributed by atoms with Crippen molar-refractivity contribution < 1.29 is 9.53 Å². The smallest absolute Gasteiger partial charge is 0.272 e. The average molecular weight is 448 g/mol. The van der Waals surface area contributed by atoms with E-state index < -0.39 is 0 Å². The van der Waals surface area contributed by atoms with Gasteiger partial charge in [-0.1, -0.05) is 13.5 Å². The molecule has 0 aliphatic heterocycles. The van der Waals surface area contributed by atoms with Crippen molar-refractivity contribution in [1.82, 2.24) is 33.8 Å². The van der Waals surface area contributed by atoms with Crippen molar-refractivity contribution in [2.75, 3.05) is 20.2 Å². The van der Waals surface area contributed by atoms with Gasteiger partial charge in [0.25, 0.3) is 5.91 Å². The number of ether oxygens (including phenoxy) is 1. The van der Waals surface area contributed by atoms with Crippen LogP contribution in [0.4, 0.5) is 0 Å². The summed E-state index contributed by atoms with van der Waals surface area (Å²) in [5, 5.41) is 8.83. The highest BCUT2D eigenvalue weighted by molar-refractivity contribution is 5.94. The third-order valence-corrected chi connectivity index (χ3v) is 5.89. The minimum absolute atomic E-state index is 0.0702. The summed E-state index contributed by atoms with van der Waals surface area (Å²) in [7, 11) is 5.42. The van der Waals surface area contributed by atoms with Crippen molar-refractivity contribution in [1.29, 1.82) is 0 Å². The highest BCUT2D eigenvalue weighted by atomic mass is 16.5. The standard InChI is InChI=1S/C24H29N7O2/c1-7-19-16(3)22(29(5)27-19)23(32)28(4)11-12-33-24-18(14-26-30(24)6)17-9-10-31-15-25-20(8-2)21(31)13-17/h8-10,13-15H,2,7,11-12H2,1,3-6H3. The van der Waals surface area contributed by atoms with Gasteiger partial charge in [-0.3, -0.25) is 9.48 Å². The molecular weight excluding hydrogens is 418 g/mol. The van der Waals surface area contributed by atoms with E-state index in [-0.39, 0.29) is 5.91 Å². The van der Waals surface area contributed by atoms with Crippen LogP contribution < -0.4 is 4.74 Å². The number of carbonyl (C=O) groups is 1. The lowest BCUT2D eigenvalue weighted by molar-refractivity contribution is 0.0760.